The second-order valence-electron chi connectivity index (χ2n) is 11.8. The molecule has 6 unspecified atom stereocenters. The summed E-state index contributed by atoms with van der Waals surface area (Å²) in [7, 11) is 0. The van der Waals surface area contributed by atoms with Crippen molar-refractivity contribution in [2.24, 2.45) is 35.5 Å². The average molecular weight is 467 g/mol. The molecule has 2 aromatic heterocycles. The van der Waals surface area contributed by atoms with Gasteiger partial charge in [0.05, 0.1) is 0 Å². The van der Waals surface area contributed by atoms with Crippen molar-refractivity contribution in [3.8, 4) is 0 Å². The van der Waals surface area contributed by atoms with Gasteiger partial charge in [-0.3, -0.25) is 4.68 Å². The van der Waals surface area contributed by atoms with Crippen molar-refractivity contribution in [3.05, 3.63) is 24.3 Å². The monoisotopic (exact) mass is 466 g/mol. The standard InChI is InChI=1S/2C14H23N3/c1-2-12-7-11-8-13(12)5-3-4-6-14-16-15-10-17(14)9-11;1-2-12-7-11-8-13(12)5-3-4-6-14-15-10-17(9-11)16-14/h2*10-13H,2-9H2,1H3. The van der Waals surface area contributed by atoms with E-state index >= 15 is 0 Å². The first-order valence-electron chi connectivity index (χ1n) is 14.5. The van der Waals surface area contributed by atoms with Gasteiger partial charge in [-0.2, -0.15) is 5.10 Å². The van der Waals surface area contributed by atoms with Crippen LogP contribution in [-0.2, 0) is 25.9 Å². The first-order valence-corrected chi connectivity index (χ1v) is 14.5. The molecule has 6 atom stereocenters. The summed E-state index contributed by atoms with van der Waals surface area (Å²) in [5.41, 5.74) is 0. The van der Waals surface area contributed by atoms with Gasteiger partial charge in [0.1, 0.15) is 18.5 Å². The average Bonchev–Trinajstić information content (AvgIpc) is 3.62. The summed E-state index contributed by atoms with van der Waals surface area (Å²) in [5, 5.41) is 12.9. The lowest BCUT2D eigenvalue weighted by atomic mass is 9.89. The number of aryl methyl sites for hydroxylation is 2. The van der Waals surface area contributed by atoms with Crippen LogP contribution in [-0.4, -0.2) is 29.5 Å². The Bertz CT molecular complexity index is 885. The summed E-state index contributed by atoms with van der Waals surface area (Å²) in [6.07, 6.45) is 22.7. The Morgan fingerprint density at radius 2 is 1.47 bits per heavy atom. The van der Waals surface area contributed by atoms with Crippen LogP contribution in [0, 0.1) is 35.5 Å². The van der Waals surface area contributed by atoms with E-state index in [0.29, 0.717) is 0 Å². The van der Waals surface area contributed by atoms with E-state index in [1.54, 1.807) is 0 Å². The van der Waals surface area contributed by atoms with Crippen molar-refractivity contribution in [3.63, 3.8) is 0 Å². The molecule has 188 valence electrons. The van der Waals surface area contributed by atoms with Gasteiger partial charge in [-0.15, -0.1) is 10.2 Å². The molecular formula is C28H46N6. The Balaban J connectivity index is 0.000000142. The maximum atomic E-state index is 4.59. The van der Waals surface area contributed by atoms with Crippen LogP contribution < -0.4 is 0 Å². The quantitative estimate of drug-likeness (QED) is 0.535. The van der Waals surface area contributed by atoms with Gasteiger partial charge in [0.15, 0.2) is 5.82 Å². The zero-order chi connectivity index (χ0) is 23.3. The molecule has 6 nitrogen and oxygen atoms in total. The molecule has 0 spiro atoms. The summed E-state index contributed by atoms with van der Waals surface area (Å²) >= 11 is 0. The van der Waals surface area contributed by atoms with Gasteiger partial charge in [-0.05, 0) is 74.0 Å². The maximum absolute atomic E-state index is 4.59. The first-order chi connectivity index (χ1) is 16.7. The predicted octanol–water partition coefficient (Wildman–Crippen LogP) is 6.11. The van der Waals surface area contributed by atoms with Crippen molar-refractivity contribution in [2.75, 3.05) is 0 Å². The van der Waals surface area contributed by atoms with Crippen molar-refractivity contribution in [1.29, 1.82) is 0 Å². The fraction of sp³-hybridized carbons (Fsp3) is 0.857. The summed E-state index contributed by atoms with van der Waals surface area (Å²) in [5.74, 6) is 7.93. The van der Waals surface area contributed by atoms with Gasteiger partial charge >= 0.3 is 0 Å². The molecular weight excluding hydrogens is 420 g/mol. The highest BCUT2D eigenvalue weighted by Gasteiger charge is 2.34. The highest BCUT2D eigenvalue weighted by atomic mass is 15.3. The van der Waals surface area contributed by atoms with Gasteiger partial charge in [0.2, 0.25) is 0 Å². The van der Waals surface area contributed by atoms with Gasteiger partial charge in [0.25, 0.3) is 0 Å². The third kappa shape index (κ3) is 5.73. The molecule has 2 saturated carbocycles. The molecule has 0 saturated heterocycles. The van der Waals surface area contributed by atoms with E-state index in [4.69, 9.17) is 0 Å². The summed E-state index contributed by atoms with van der Waals surface area (Å²) in [6.45, 7) is 6.98. The molecule has 6 heteroatoms. The van der Waals surface area contributed by atoms with Gasteiger partial charge < -0.3 is 4.57 Å². The third-order valence-corrected chi connectivity index (χ3v) is 9.56. The smallest absolute Gasteiger partial charge is 0.150 e. The summed E-state index contributed by atoms with van der Waals surface area (Å²) < 4.78 is 4.39. The minimum absolute atomic E-state index is 0.845. The molecule has 34 heavy (non-hydrogen) atoms. The molecule has 2 aromatic rings. The number of fused-ring (bicyclic) bond motifs is 7. The number of aromatic nitrogens is 6. The van der Waals surface area contributed by atoms with Crippen LogP contribution in [0.15, 0.2) is 12.7 Å². The predicted molar refractivity (Wildman–Crippen MR) is 135 cm³/mol. The highest BCUT2D eigenvalue weighted by molar-refractivity contribution is 4.91. The van der Waals surface area contributed by atoms with Crippen LogP contribution in [0.5, 0.6) is 0 Å². The normalized spacial score (nSPS) is 33.4. The lowest BCUT2D eigenvalue weighted by Gasteiger charge is -2.18. The Hall–Kier alpha value is -1.72. The lowest BCUT2D eigenvalue weighted by Crippen LogP contribution is -2.12. The van der Waals surface area contributed by atoms with Crippen LogP contribution in [0.4, 0.5) is 0 Å². The number of rotatable bonds is 2. The molecule has 6 bridgehead atoms. The van der Waals surface area contributed by atoms with Crippen LogP contribution in [0.2, 0.25) is 0 Å². The maximum Gasteiger partial charge on any atom is 0.150 e. The second kappa shape index (κ2) is 11.3. The van der Waals surface area contributed by atoms with Crippen molar-refractivity contribution >= 4 is 0 Å². The molecule has 2 aliphatic heterocycles. The van der Waals surface area contributed by atoms with E-state index < -0.39 is 0 Å². The van der Waals surface area contributed by atoms with Crippen LogP contribution in [0.3, 0.4) is 0 Å². The topological polar surface area (TPSA) is 61.4 Å². The fourth-order valence-electron chi connectivity index (χ4n) is 7.76. The fourth-order valence-corrected chi connectivity index (χ4v) is 7.76. The molecule has 4 aliphatic rings. The molecule has 2 aliphatic carbocycles. The number of hydrogen-bond acceptors (Lipinski definition) is 4. The van der Waals surface area contributed by atoms with E-state index in [0.717, 1.165) is 67.3 Å². The lowest BCUT2D eigenvalue weighted by molar-refractivity contribution is 0.342. The van der Waals surface area contributed by atoms with Gasteiger partial charge in [-0.1, -0.05) is 52.4 Å². The number of nitrogens with zero attached hydrogens (tertiary/aromatic N) is 6. The number of hydrogen-bond donors (Lipinski definition) is 0. The van der Waals surface area contributed by atoms with E-state index in [9.17, 15) is 0 Å². The molecule has 0 aromatic carbocycles. The van der Waals surface area contributed by atoms with Crippen LogP contribution >= 0.6 is 0 Å². The zero-order valence-corrected chi connectivity index (χ0v) is 21.6. The van der Waals surface area contributed by atoms with Gasteiger partial charge in [-0.25, -0.2) is 4.98 Å². The molecule has 0 amide bonds. The van der Waals surface area contributed by atoms with Crippen molar-refractivity contribution < 1.29 is 0 Å². The first kappa shape index (κ1) is 24.0. The largest absolute Gasteiger partial charge is 0.317 e. The molecule has 6 rings (SSSR count). The van der Waals surface area contributed by atoms with E-state index in [1.807, 2.05) is 12.7 Å². The van der Waals surface area contributed by atoms with Crippen LogP contribution in [0.25, 0.3) is 0 Å². The zero-order valence-electron chi connectivity index (χ0n) is 21.6. The third-order valence-electron chi connectivity index (χ3n) is 9.56. The molecule has 0 radical (unpaired) electrons. The minimum Gasteiger partial charge on any atom is -0.317 e. The van der Waals surface area contributed by atoms with E-state index in [-0.39, 0.29) is 0 Å². The van der Waals surface area contributed by atoms with Gasteiger partial charge in [0, 0.05) is 25.9 Å². The highest BCUT2D eigenvalue weighted by Crippen LogP contribution is 2.43. The van der Waals surface area contributed by atoms with Crippen molar-refractivity contribution in [1.82, 2.24) is 29.5 Å². The SMILES string of the molecule is CCC1CC2CC1CCCCc1ncn(n1)C2.CCC1CC2CC1CCCCc1nncn1C2. The second-order valence-corrected chi connectivity index (χ2v) is 11.8. The van der Waals surface area contributed by atoms with Crippen LogP contribution in [0.1, 0.15) is 103 Å². The Kier molecular flexibility index (Phi) is 8.01. The van der Waals surface area contributed by atoms with E-state index in [1.165, 1.54) is 82.9 Å². The van der Waals surface area contributed by atoms with E-state index in [2.05, 4.69) is 43.4 Å². The summed E-state index contributed by atoms with van der Waals surface area (Å²) in [6, 6.07) is 0. The van der Waals surface area contributed by atoms with Crippen molar-refractivity contribution in [2.45, 2.75) is 117 Å². The molecule has 2 fully saturated rings. The molecule has 0 N–H and O–H groups in total. The Morgan fingerprint density at radius 1 is 0.794 bits per heavy atom. The summed E-state index contributed by atoms with van der Waals surface area (Å²) in [4.78, 5) is 4.40. The Labute approximate surface area is 206 Å². The minimum atomic E-state index is 0.845. The Morgan fingerprint density at radius 3 is 2.18 bits per heavy atom. The molecule has 4 heterocycles.